The Labute approximate surface area is 144 Å². The molecule has 23 heavy (non-hydrogen) atoms. The molecule has 0 spiro atoms. The third-order valence-corrected chi connectivity index (χ3v) is 4.37. The van der Waals surface area contributed by atoms with E-state index in [1.165, 1.54) is 17.8 Å². The van der Waals surface area contributed by atoms with Crippen molar-refractivity contribution in [1.82, 2.24) is 5.43 Å². The molecule has 0 aromatic heterocycles. The summed E-state index contributed by atoms with van der Waals surface area (Å²) in [7, 11) is 0. The first-order valence-electron chi connectivity index (χ1n) is 6.89. The zero-order chi connectivity index (χ0) is 15.4. The van der Waals surface area contributed by atoms with Crippen LogP contribution < -0.4 is 23.1 Å². The Bertz CT molecular complexity index is 725. The lowest BCUT2D eigenvalue weighted by molar-refractivity contribution is -0.529. The monoisotopic (exact) mass is 351 g/mol. The van der Waals surface area contributed by atoms with Gasteiger partial charge in [0, 0.05) is 10.6 Å². The van der Waals surface area contributed by atoms with Gasteiger partial charge < -0.3 is 12.4 Å². The van der Waals surface area contributed by atoms with Crippen LogP contribution >= 0.6 is 11.8 Å². The lowest BCUT2D eigenvalue weighted by atomic mass is 10.2. The van der Waals surface area contributed by atoms with Crippen molar-refractivity contribution in [3.05, 3.63) is 65.5 Å². The number of benzene rings is 2. The molecule has 3 N–H and O–H groups in total. The molecule has 0 bridgehead atoms. The number of rotatable bonds is 4. The molecular weight excluding hydrogens is 337 g/mol. The van der Waals surface area contributed by atoms with Crippen LogP contribution in [0.5, 0.6) is 0 Å². The lowest BCUT2D eigenvalue weighted by Gasteiger charge is -2.10. The molecule has 1 amide bonds. The topological polar surface area (TPSA) is 58.1 Å². The number of nitrogens with one attached hydrogen (secondary N) is 1. The molecule has 4 nitrogen and oxygen atoms in total. The van der Waals surface area contributed by atoms with E-state index >= 15 is 0 Å². The van der Waals surface area contributed by atoms with Gasteiger partial charge in [-0.1, -0.05) is 30.3 Å². The van der Waals surface area contributed by atoms with Crippen molar-refractivity contribution in [2.45, 2.75) is 10.6 Å². The molecule has 0 aliphatic carbocycles. The van der Waals surface area contributed by atoms with Gasteiger partial charge in [-0.2, -0.15) is 0 Å². The molecule has 2 aromatic carbocycles. The quantitative estimate of drug-likeness (QED) is 0.657. The first-order chi connectivity index (χ1) is 10.7. The Kier molecular flexibility index (Phi) is 6.15. The fraction of sp³-hybridized carbons (Fsp3) is 0.125. The predicted octanol–water partition coefficient (Wildman–Crippen LogP) is -1.52. The molecular formula is C16H15ClFN3OS. The first kappa shape index (κ1) is 17.5. The number of amides is 1. The van der Waals surface area contributed by atoms with Crippen LogP contribution in [0, 0.1) is 5.82 Å². The number of amidine groups is 1. The smallest absolute Gasteiger partial charge is 0.295 e. The van der Waals surface area contributed by atoms with Gasteiger partial charge in [0.15, 0.2) is 6.54 Å². The molecule has 1 aliphatic rings. The summed E-state index contributed by atoms with van der Waals surface area (Å²) in [6.07, 6.45) is 0. The zero-order valence-electron chi connectivity index (χ0n) is 12.1. The van der Waals surface area contributed by atoms with E-state index in [-0.39, 0.29) is 30.7 Å². The van der Waals surface area contributed by atoms with Crippen molar-refractivity contribution < 1.29 is 26.9 Å². The Morgan fingerprint density at radius 1 is 1.22 bits per heavy atom. The van der Waals surface area contributed by atoms with Crippen molar-refractivity contribution in [1.29, 1.82) is 0 Å². The molecule has 3 rings (SSSR count). The third-order valence-electron chi connectivity index (χ3n) is 3.25. The second-order valence-corrected chi connectivity index (χ2v) is 5.88. The number of hydrazone groups is 1. The van der Waals surface area contributed by atoms with Gasteiger partial charge in [0.25, 0.3) is 5.91 Å². The molecule has 0 radical (unpaired) electrons. The van der Waals surface area contributed by atoms with Gasteiger partial charge in [0.1, 0.15) is 5.82 Å². The highest BCUT2D eigenvalue weighted by Gasteiger charge is 2.18. The molecule has 1 heterocycles. The minimum Gasteiger partial charge on any atom is -1.00 e. The summed E-state index contributed by atoms with van der Waals surface area (Å²) in [6, 6.07) is 15.0. The van der Waals surface area contributed by atoms with E-state index in [0.717, 1.165) is 11.3 Å². The maximum absolute atomic E-state index is 14.2. The Balaban J connectivity index is 0.00000192. The van der Waals surface area contributed by atoms with E-state index in [1.807, 2.05) is 36.4 Å². The molecule has 120 valence electrons. The van der Waals surface area contributed by atoms with Crippen molar-refractivity contribution in [3.63, 3.8) is 0 Å². The van der Waals surface area contributed by atoms with Crippen LogP contribution in [-0.4, -0.2) is 18.3 Å². The number of carbonyl (C=O) groups excluding carboxylic acids is 1. The van der Waals surface area contributed by atoms with Gasteiger partial charge in [0.05, 0.1) is 5.56 Å². The molecule has 2 aromatic rings. The fourth-order valence-corrected chi connectivity index (χ4v) is 2.97. The molecule has 0 saturated carbocycles. The van der Waals surface area contributed by atoms with Gasteiger partial charge in [-0.25, -0.2) is 9.82 Å². The zero-order valence-corrected chi connectivity index (χ0v) is 13.7. The van der Waals surface area contributed by atoms with Crippen LogP contribution in [0.2, 0.25) is 0 Å². The number of nitrogens with two attached hydrogens (primary N) is 1. The van der Waals surface area contributed by atoms with Crippen LogP contribution in [0.25, 0.3) is 0 Å². The van der Waals surface area contributed by atoms with E-state index in [4.69, 9.17) is 0 Å². The number of hydrogen-bond donors (Lipinski definition) is 2. The number of quaternary nitrogens is 1. The summed E-state index contributed by atoms with van der Waals surface area (Å²) in [6.45, 7) is 0.269. The standard InChI is InChI=1S/C16H14FN3OS.ClH/c17-13-8-12(16-18-9-15(21)19-20-16)6-7-14(13)22-10-11-4-2-1-3-5-11;/h1-8H,9-10H2,(H,18,20)(H,19,21);1H. The summed E-state index contributed by atoms with van der Waals surface area (Å²) >= 11 is 1.46. The molecule has 0 unspecified atom stereocenters. The van der Waals surface area contributed by atoms with Gasteiger partial charge >= 0.3 is 0 Å². The highest BCUT2D eigenvalue weighted by molar-refractivity contribution is 7.98. The minimum absolute atomic E-state index is 0. The summed E-state index contributed by atoms with van der Waals surface area (Å²) in [4.78, 5) is 11.7. The maximum atomic E-state index is 14.2. The average Bonchev–Trinajstić information content (AvgIpc) is 2.55. The van der Waals surface area contributed by atoms with Crippen LogP contribution in [0.15, 0.2) is 58.5 Å². The second kappa shape index (κ2) is 8.10. The average molecular weight is 352 g/mol. The van der Waals surface area contributed by atoms with Gasteiger partial charge in [-0.3, -0.25) is 10.1 Å². The maximum Gasteiger partial charge on any atom is 0.295 e. The summed E-state index contributed by atoms with van der Waals surface area (Å²) in [5, 5.41) is 5.63. The molecule has 7 heteroatoms. The summed E-state index contributed by atoms with van der Waals surface area (Å²) < 4.78 is 14.2. The number of hydrogen-bond acceptors (Lipinski definition) is 3. The predicted molar refractivity (Wildman–Crippen MR) is 83.9 cm³/mol. The summed E-state index contributed by atoms with van der Waals surface area (Å²) in [5.74, 6) is 0.893. The van der Waals surface area contributed by atoms with Gasteiger partial charge in [-0.05, 0) is 23.8 Å². The fourth-order valence-electron chi connectivity index (χ4n) is 2.10. The number of carbonyl (C=O) groups is 1. The van der Waals surface area contributed by atoms with Crippen molar-refractivity contribution >= 4 is 23.5 Å². The Hall–Kier alpha value is -1.89. The van der Waals surface area contributed by atoms with Crippen molar-refractivity contribution in [3.8, 4) is 0 Å². The third kappa shape index (κ3) is 4.54. The second-order valence-electron chi connectivity index (χ2n) is 4.86. The van der Waals surface area contributed by atoms with Crippen molar-refractivity contribution in [2.24, 2.45) is 5.10 Å². The van der Waals surface area contributed by atoms with Crippen LogP contribution in [-0.2, 0) is 10.5 Å². The highest BCUT2D eigenvalue weighted by atomic mass is 35.5. The molecule has 1 aliphatic heterocycles. The number of nitrogens with zero attached hydrogens (tertiary/aromatic N) is 1. The van der Waals surface area contributed by atoms with E-state index in [2.05, 4.69) is 10.5 Å². The van der Waals surface area contributed by atoms with E-state index in [0.29, 0.717) is 16.3 Å². The number of thioether (sulfide) groups is 1. The van der Waals surface area contributed by atoms with Crippen molar-refractivity contribution in [2.75, 3.05) is 6.54 Å². The Morgan fingerprint density at radius 3 is 2.65 bits per heavy atom. The van der Waals surface area contributed by atoms with E-state index < -0.39 is 0 Å². The first-order valence-corrected chi connectivity index (χ1v) is 7.87. The number of halogens is 2. The molecule has 0 fully saturated rings. The van der Waals surface area contributed by atoms with E-state index in [1.54, 1.807) is 11.4 Å². The van der Waals surface area contributed by atoms with Gasteiger partial charge in [-0.15, -0.1) is 16.9 Å². The molecule has 0 atom stereocenters. The highest BCUT2D eigenvalue weighted by Crippen LogP contribution is 2.26. The largest absolute Gasteiger partial charge is 1.00 e. The van der Waals surface area contributed by atoms with Crippen LogP contribution in [0.1, 0.15) is 11.1 Å². The summed E-state index contributed by atoms with van der Waals surface area (Å²) in [5.41, 5.74) is 4.23. The normalized spacial score (nSPS) is 13.8. The minimum atomic E-state index is -0.272. The lowest BCUT2D eigenvalue weighted by Crippen LogP contribution is -3.00. The Morgan fingerprint density at radius 2 is 2.00 bits per heavy atom. The van der Waals surface area contributed by atoms with E-state index in [9.17, 15) is 9.18 Å². The van der Waals surface area contributed by atoms with Crippen LogP contribution in [0.4, 0.5) is 4.39 Å². The SMILES string of the molecule is O=C1C[NH2+]C(c2ccc(SCc3ccccc3)c(F)c2)=NN1.[Cl-]. The van der Waals surface area contributed by atoms with Gasteiger partial charge in [0.2, 0.25) is 5.84 Å². The van der Waals surface area contributed by atoms with Crippen LogP contribution in [0.3, 0.4) is 0 Å². The molecule has 0 saturated heterocycles.